The second-order valence-electron chi connectivity index (χ2n) is 4.95. The fourth-order valence-electron chi connectivity index (χ4n) is 2.08. The van der Waals surface area contributed by atoms with Gasteiger partial charge in [0.15, 0.2) is 0 Å². The van der Waals surface area contributed by atoms with E-state index in [2.05, 4.69) is 64.1 Å². The van der Waals surface area contributed by atoms with Crippen LogP contribution in [-0.2, 0) is 0 Å². The van der Waals surface area contributed by atoms with Gasteiger partial charge in [0.25, 0.3) is 0 Å². The zero-order valence-electron chi connectivity index (χ0n) is 11.5. The number of hydrogen-bond acceptors (Lipinski definition) is 1. The fraction of sp³-hybridized carbons (Fsp3) is 0.294. The first-order valence-corrected chi connectivity index (χ1v) is 6.41. The molecule has 0 spiro atoms. The van der Waals surface area contributed by atoms with E-state index in [1.165, 1.54) is 22.3 Å². The van der Waals surface area contributed by atoms with Crippen molar-refractivity contribution in [2.75, 3.05) is 0 Å². The quantitative estimate of drug-likeness (QED) is 0.751. The summed E-state index contributed by atoms with van der Waals surface area (Å²) in [5.74, 6) is 0.951. The highest BCUT2D eigenvalue weighted by molar-refractivity contribution is 5.70. The molecule has 2 aromatic rings. The fourth-order valence-corrected chi connectivity index (χ4v) is 2.08. The van der Waals surface area contributed by atoms with Crippen LogP contribution in [0.3, 0.4) is 0 Å². The highest BCUT2D eigenvalue weighted by Crippen LogP contribution is 2.30. The van der Waals surface area contributed by atoms with E-state index in [0.29, 0.717) is 0 Å². The van der Waals surface area contributed by atoms with Crippen molar-refractivity contribution in [3.63, 3.8) is 0 Å². The van der Waals surface area contributed by atoms with Crippen LogP contribution in [0.5, 0.6) is 5.75 Å². The third-order valence-electron chi connectivity index (χ3n) is 3.10. The average molecular weight is 240 g/mol. The highest BCUT2D eigenvalue weighted by atomic mass is 16.5. The average Bonchev–Trinajstić information content (AvgIpc) is 2.34. The van der Waals surface area contributed by atoms with Crippen LogP contribution >= 0.6 is 0 Å². The van der Waals surface area contributed by atoms with Gasteiger partial charge in [-0.05, 0) is 62.1 Å². The standard InChI is InChI=1S/C17H20O/c1-12(2)18-16-10-13(3)14(4)17(11-16)15-8-6-5-7-9-15/h5-12H,1-4H3. The first-order chi connectivity index (χ1) is 8.58. The van der Waals surface area contributed by atoms with Gasteiger partial charge < -0.3 is 4.74 Å². The van der Waals surface area contributed by atoms with Crippen LogP contribution in [-0.4, -0.2) is 6.10 Å². The van der Waals surface area contributed by atoms with Gasteiger partial charge in [-0.2, -0.15) is 0 Å². The molecule has 0 N–H and O–H groups in total. The highest BCUT2D eigenvalue weighted by Gasteiger charge is 2.08. The first kappa shape index (κ1) is 12.7. The van der Waals surface area contributed by atoms with Crippen molar-refractivity contribution in [2.45, 2.75) is 33.8 Å². The van der Waals surface area contributed by atoms with E-state index in [1.807, 2.05) is 6.07 Å². The van der Waals surface area contributed by atoms with E-state index < -0.39 is 0 Å². The van der Waals surface area contributed by atoms with Crippen LogP contribution in [0, 0.1) is 13.8 Å². The van der Waals surface area contributed by atoms with Gasteiger partial charge in [0, 0.05) is 0 Å². The summed E-state index contributed by atoms with van der Waals surface area (Å²) in [6.45, 7) is 8.40. The molecule has 0 unspecified atom stereocenters. The molecule has 0 aliphatic carbocycles. The van der Waals surface area contributed by atoms with E-state index in [1.54, 1.807) is 0 Å². The Morgan fingerprint density at radius 3 is 2.22 bits per heavy atom. The Morgan fingerprint density at radius 2 is 1.61 bits per heavy atom. The summed E-state index contributed by atoms with van der Waals surface area (Å²) in [5.41, 5.74) is 5.09. The van der Waals surface area contributed by atoms with E-state index in [0.717, 1.165) is 5.75 Å². The third kappa shape index (κ3) is 2.73. The Bertz CT molecular complexity index is 527. The van der Waals surface area contributed by atoms with Gasteiger partial charge in [-0.1, -0.05) is 30.3 Å². The molecular weight excluding hydrogens is 220 g/mol. The Kier molecular flexibility index (Phi) is 3.71. The summed E-state index contributed by atoms with van der Waals surface area (Å²) in [7, 11) is 0. The van der Waals surface area contributed by atoms with Crippen molar-refractivity contribution in [3.8, 4) is 16.9 Å². The normalized spacial score (nSPS) is 10.7. The van der Waals surface area contributed by atoms with Crippen molar-refractivity contribution in [1.82, 2.24) is 0 Å². The Labute approximate surface area is 109 Å². The molecule has 0 saturated carbocycles. The molecule has 0 aliphatic heterocycles. The van der Waals surface area contributed by atoms with Crippen LogP contribution in [0.15, 0.2) is 42.5 Å². The van der Waals surface area contributed by atoms with Gasteiger partial charge >= 0.3 is 0 Å². The molecule has 0 heterocycles. The third-order valence-corrected chi connectivity index (χ3v) is 3.10. The molecule has 18 heavy (non-hydrogen) atoms. The molecule has 0 fully saturated rings. The van der Waals surface area contributed by atoms with Crippen LogP contribution in [0.1, 0.15) is 25.0 Å². The lowest BCUT2D eigenvalue weighted by atomic mass is 9.96. The van der Waals surface area contributed by atoms with Gasteiger partial charge in [-0.3, -0.25) is 0 Å². The molecule has 1 nitrogen and oxygen atoms in total. The largest absolute Gasteiger partial charge is 0.491 e. The zero-order valence-corrected chi connectivity index (χ0v) is 11.5. The van der Waals surface area contributed by atoms with Crippen molar-refractivity contribution >= 4 is 0 Å². The topological polar surface area (TPSA) is 9.23 Å². The van der Waals surface area contributed by atoms with Crippen molar-refractivity contribution in [3.05, 3.63) is 53.6 Å². The summed E-state index contributed by atoms with van der Waals surface area (Å²) in [5, 5.41) is 0. The van der Waals surface area contributed by atoms with Crippen molar-refractivity contribution in [2.24, 2.45) is 0 Å². The second-order valence-corrected chi connectivity index (χ2v) is 4.95. The minimum Gasteiger partial charge on any atom is -0.491 e. The maximum atomic E-state index is 5.81. The van der Waals surface area contributed by atoms with E-state index >= 15 is 0 Å². The SMILES string of the molecule is Cc1cc(OC(C)C)cc(-c2ccccc2)c1C. The number of ether oxygens (including phenoxy) is 1. The number of benzene rings is 2. The molecule has 0 aliphatic rings. The predicted octanol–water partition coefficient (Wildman–Crippen LogP) is 4.76. The lowest BCUT2D eigenvalue weighted by molar-refractivity contribution is 0.242. The number of rotatable bonds is 3. The van der Waals surface area contributed by atoms with Gasteiger partial charge in [0.1, 0.15) is 5.75 Å². The molecule has 0 bridgehead atoms. The summed E-state index contributed by atoms with van der Waals surface area (Å²) >= 11 is 0. The van der Waals surface area contributed by atoms with Crippen LogP contribution in [0.2, 0.25) is 0 Å². The molecule has 2 rings (SSSR count). The van der Waals surface area contributed by atoms with Gasteiger partial charge in [0.2, 0.25) is 0 Å². The zero-order chi connectivity index (χ0) is 13.1. The molecule has 94 valence electrons. The first-order valence-electron chi connectivity index (χ1n) is 6.41. The van der Waals surface area contributed by atoms with Gasteiger partial charge in [0.05, 0.1) is 6.10 Å². The van der Waals surface area contributed by atoms with E-state index in [4.69, 9.17) is 4.74 Å². The molecule has 0 radical (unpaired) electrons. The molecule has 0 saturated heterocycles. The Morgan fingerprint density at radius 1 is 0.944 bits per heavy atom. The number of aryl methyl sites for hydroxylation is 1. The maximum Gasteiger partial charge on any atom is 0.120 e. The second kappa shape index (κ2) is 5.26. The minimum absolute atomic E-state index is 0.204. The molecule has 0 atom stereocenters. The van der Waals surface area contributed by atoms with Crippen molar-refractivity contribution in [1.29, 1.82) is 0 Å². The van der Waals surface area contributed by atoms with E-state index in [9.17, 15) is 0 Å². The Hall–Kier alpha value is -1.76. The van der Waals surface area contributed by atoms with Crippen LogP contribution < -0.4 is 4.74 Å². The Balaban J connectivity index is 2.49. The summed E-state index contributed by atoms with van der Waals surface area (Å²) in [4.78, 5) is 0. The molecule has 2 aromatic carbocycles. The molecular formula is C17H20O. The maximum absolute atomic E-state index is 5.81. The molecule has 0 aromatic heterocycles. The predicted molar refractivity (Wildman–Crippen MR) is 77.1 cm³/mol. The summed E-state index contributed by atoms with van der Waals surface area (Å²) in [6.07, 6.45) is 0.204. The van der Waals surface area contributed by atoms with Crippen LogP contribution in [0.25, 0.3) is 11.1 Å². The van der Waals surface area contributed by atoms with Gasteiger partial charge in [-0.15, -0.1) is 0 Å². The van der Waals surface area contributed by atoms with Gasteiger partial charge in [-0.25, -0.2) is 0 Å². The monoisotopic (exact) mass is 240 g/mol. The van der Waals surface area contributed by atoms with Crippen LogP contribution in [0.4, 0.5) is 0 Å². The molecule has 0 amide bonds. The summed E-state index contributed by atoms with van der Waals surface area (Å²) in [6, 6.07) is 14.7. The number of hydrogen-bond donors (Lipinski definition) is 0. The van der Waals surface area contributed by atoms with E-state index in [-0.39, 0.29) is 6.10 Å². The minimum atomic E-state index is 0.204. The molecule has 1 heteroatoms. The smallest absolute Gasteiger partial charge is 0.120 e. The van der Waals surface area contributed by atoms with Crippen molar-refractivity contribution < 1.29 is 4.74 Å². The lowest BCUT2D eigenvalue weighted by Gasteiger charge is -2.15. The summed E-state index contributed by atoms with van der Waals surface area (Å²) < 4.78 is 5.81. The lowest BCUT2D eigenvalue weighted by Crippen LogP contribution is -2.06.